The fraction of sp³-hybridized carbons (Fsp3) is 0.419. The smallest absolute Gasteiger partial charge is 0.335 e. The van der Waals surface area contributed by atoms with Crippen LogP contribution in [-0.4, -0.2) is 89.5 Å². The van der Waals surface area contributed by atoms with Crippen molar-refractivity contribution in [3.05, 3.63) is 70.8 Å². The number of rotatable bonds is 14. The Bertz CT molecular complexity index is 1330. The first-order valence-electron chi connectivity index (χ1n) is 14.5. The summed E-state index contributed by atoms with van der Waals surface area (Å²) in [5, 5.41) is 36.6. The van der Waals surface area contributed by atoms with Crippen LogP contribution < -0.4 is 0 Å². The summed E-state index contributed by atoms with van der Waals surface area (Å²) in [7, 11) is 0. The number of carbonyl (C=O) groups is 6. The number of thioether (sulfide) groups is 2. The Labute approximate surface area is 267 Å². The number of benzene rings is 2. The Kier molecular flexibility index (Phi) is 11.5. The average Bonchev–Trinajstić information content (AvgIpc) is 3.66. The van der Waals surface area contributed by atoms with Crippen LogP contribution in [0.5, 0.6) is 0 Å². The van der Waals surface area contributed by atoms with Crippen LogP contribution in [0.4, 0.5) is 0 Å². The third-order valence-electron chi connectivity index (χ3n) is 7.81. The largest absolute Gasteiger partial charge is 0.480 e. The molecule has 12 nitrogen and oxygen atoms in total. The number of carbonyl (C=O) groups excluding carboxylic acids is 2. The molecule has 4 rings (SSSR count). The quantitative estimate of drug-likeness (QED) is 0.207. The molecule has 0 aromatic heterocycles. The van der Waals surface area contributed by atoms with Gasteiger partial charge in [0.1, 0.15) is 22.8 Å². The summed E-state index contributed by atoms with van der Waals surface area (Å²) in [6, 6.07) is 10.2. The maximum absolute atomic E-state index is 13.2. The van der Waals surface area contributed by atoms with E-state index in [1.54, 1.807) is 24.3 Å². The van der Waals surface area contributed by atoms with Crippen LogP contribution in [0.15, 0.2) is 48.5 Å². The van der Waals surface area contributed by atoms with Crippen LogP contribution in [-0.2, 0) is 19.2 Å². The SMILES string of the molecule is O=C(O)c1ccc(C2SC[C@@H](C(=O)O)N2C(=O)CCCCCCCC(=O)N2C(c3ccc(C(=O)O)cc3)SC[C@H]2C(=O)O)cc1. The molecule has 0 saturated carbocycles. The fourth-order valence-electron chi connectivity index (χ4n) is 5.44. The number of carboxylic acids is 4. The molecule has 2 saturated heterocycles. The molecule has 2 amide bonds. The highest BCUT2D eigenvalue weighted by molar-refractivity contribution is 8.00. The van der Waals surface area contributed by atoms with Gasteiger partial charge in [0.05, 0.1) is 11.1 Å². The number of aromatic carboxylic acids is 2. The first kappa shape index (κ1) is 33.8. The Morgan fingerprint density at radius 2 is 0.889 bits per heavy atom. The second kappa shape index (κ2) is 15.3. The Morgan fingerprint density at radius 3 is 1.20 bits per heavy atom. The molecule has 45 heavy (non-hydrogen) atoms. The number of aliphatic carboxylic acids is 2. The van der Waals surface area contributed by atoms with E-state index in [9.17, 15) is 39.0 Å². The Morgan fingerprint density at radius 1 is 0.556 bits per heavy atom. The minimum absolute atomic E-state index is 0.101. The lowest BCUT2D eigenvalue weighted by atomic mass is 10.1. The molecule has 0 aliphatic carbocycles. The van der Waals surface area contributed by atoms with E-state index in [0.717, 1.165) is 6.42 Å². The Balaban J connectivity index is 1.25. The molecule has 4 N–H and O–H groups in total. The maximum Gasteiger partial charge on any atom is 0.335 e. The van der Waals surface area contributed by atoms with E-state index in [4.69, 9.17) is 10.2 Å². The zero-order chi connectivity index (χ0) is 32.7. The minimum Gasteiger partial charge on any atom is -0.480 e. The van der Waals surface area contributed by atoms with Crippen LogP contribution in [0.2, 0.25) is 0 Å². The third kappa shape index (κ3) is 8.17. The molecule has 2 unspecified atom stereocenters. The van der Waals surface area contributed by atoms with Gasteiger partial charge in [0, 0.05) is 24.3 Å². The lowest BCUT2D eigenvalue weighted by Gasteiger charge is -2.28. The third-order valence-corrected chi connectivity index (χ3v) is 10.5. The molecule has 2 aliphatic heterocycles. The molecule has 2 aromatic rings. The average molecular weight is 659 g/mol. The molecule has 240 valence electrons. The molecule has 2 aromatic carbocycles. The molecule has 2 aliphatic rings. The van der Waals surface area contributed by atoms with Gasteiger partial charge in [0.2, 0.25) is 11.8 Å². The van der Waals surface area contributed by atoms with Crippen LogP contribution in [0.25, 0.3) is 0 Å². The summed E-state index contributed by atoms with van der Waals surface area (Å²) < 4.78 is 0. The zero-order valence-corrected chi connectivity index (χ0v) is 25.9. The molecule has 2 heterocycles. The number of nitrogens with zero attached hydrogens (tertiary/aromatic N) is 2. The molecule has 2 fully saturated rings. The molecular formula is C31H34N2O10S2. The summed E-state index contributed by atoms with van der Waals surface area (Å²) in [5.74, 6) is -4.45. The molecule has 14 heteroatoms. The normalized spacial score (nSPS) is 21.1. The van der Waals surface area contributed by atoms with Crippen LogP contribution in [0.3, 0.4) is 0 Å². The van der Waals surface area contributed by atoms with Crippen molar-refractivity contribution in [3.8, 4) is 0 Å². The highest BCUT2D eigenvalue weighted by Crippen LogP contribution is 2.43. The van der Waals surface area contributed by atoms with E-state index in [0.29, 0.717) is 36.8 Å². The van der Waals surface area contributed by atoms with E-state index >= 15 is 0 Å². The molecule has 4 atom stereocenters. The van der Waals surface area contributed by atoms with Crippen molar-refractivity contribution >= 4 is 59.2 Å². The van der Waals surface area contributed by atoms with Crippen LogP contribution >= 0.6 is 23.5 Å². The lowest BCUT2D eigenvalue weighted by Crippen LogP contribution is -2.42. The lowest BCUT2D eigenvalue weighted by molar-refractivity contribution is -0.149. The van der Waals surface area contributed by atoms with Gasteiger partial charge >= 0.3 is 23.9 Å². The second-order valence-electron chi connectivity index (χ2n) is 10.8. The van der Waals surface area contributed by atoms with Crippen LogP contribution in [0, 0.1) is 0 Å². The maximum atomic E-state index is 13.2. The van der Waals surface area contributed by atoms with Gasteiger partial charge in [0.15, 0.2) is 0 Å². The van der Waals surface area contributed by atoms with Crippen molar-refractivity contribution in [2.24, 2.45) is 0 Å². The van der Waals surface area contributed by atoms with E-state index in [2.05, 4.69) is 0 Å². The summed E-state index contributed by atoms with van der Waals surface area (Å²) in [4.78, 5) is 75.1. The van der Waals surface area contributed by atoms with E-state index in [-0.39, 0.29) is 47.3 Å². The molecule has 0 spiro atoms. The van der Waals surface area contributed by atoms with Crippen molar-refractivity contribution in [2.75, 3.05) is 11.5 Å². The molecule has 0 bridgehead atoms. The summed E-state index contributed by atoms with van der Waals surface area (Å²) >= 11 is 2.65. The van der Waals surface area contributed by atoms with Crippen molar-refractivity contribution in [2.45, 2.75) is 67.8 Å². The highest BCUT2D eigenvalue weighted by Gasteiger charge is 2.43. The van der Waals surface area contributed by atoms with Gasteiger partial charge in [-0.15, -0.1) is 23.5 Å². The van der Waals surface area contributed by atoms with Gasteiger partial charge in [0.25, 0.3) is 0 Å². The van der Waals surface area contributed by atoms with Gasteiger partial charge in [-0.3, -0.25) is 9.59 Å². The van der Waals surface area contributed by atoms with Crippen molar-refractivity contribution in [3.63, 3.8) is 0 Å². The number of hydrogen-bond acceptors (Lipinski definition) is 8. The van der Waals surface area contributed by atoms with Gasteiger partial charge in [-0.25, -0.2) is 19.2 Å². The van der Waals surface area contributed by atoms with Gasteiger partial charge in [-0.1, -0.05) is 43.5 Å². The first-order valence-corrected chi connectivity index (χ1v) is 16.6. The molecule has 0 radical (unpaired) electrons. The van der Waals surface area contributed by atoms with Crippen molar-refractivity contribution in [1.29, 1.82) is 0 Å². The monoisotopic (exact) mass is 658 g/mol. The Hall–Kier alpha value is -4.04. The predicted molar refractivity (Wildman–Crippen MR) is 166 cm³/mol. The van der Waals surface area contributed by atoms with E-state index < -0.39 is 46.7 Å². The van der Waals surface area contributed by atoms with E-state index in [1.165, 1.54) is 57.6 Å². The van der Waals surface area contributed by atoms with Crippen molar-refractivity contribution < 1.29 is 49.2 Å². The topological polar surface area (TPSA) is 190 Å². The van der Waals surface area contributed by atoms with Gasteiger partial charge in [-0.05, 0) is 48.2 Å². The first-order chi connectivity index (χ1) is 21.5. The zero-order valence-electron chi connectivity index (χ0n) is 24.2. The van der Waals surface area contributed by atoms with Gasteiger partial charge < -0.3 is 30.2 Å². The number of amides is 2. The van der Waals surface area contributed by atoms with Gasteiger partial charge in [-0.2, -0.15) is 0 Å². The minimum atomic E-state index is -1.09. The summed E-state index contributed by atoms with van der Waals surface area (Å²) in [6.45, 7) is 0. The fourth-order valence-corrected chi connectivity index (χ4v) is 8.32. The summed E-state index contributed by atoms with van der Waals surface area (Å²) in [6.07, 6.45) is 3.47. The highest BCUT2D eigenvalue weighted by atomic mass is 32.2. The number of hydrogen-bond donors (Lipinski definition) is 4. The van der Waals surface area contributed by atoms with Crippen molar-refractivity contribution in [1.82, 2.24) is 9.80 Å². The van der Waals surface area contributed by atoms with E-state index in [1.807, 2.05) is 0 Å². The number of unbranched alkanes of at least 4 members (excludes halogenated alkanes) is 4. The standard InChI is InChI=1S/C31H34N2O10S2/c34-24(32-22(30(40)41)16-44-26(32)18-8-12-20(13-9-18)28(36)37)6-4-2-1-3-5-7-25(35)33-23(31(42)43)17-45-27(33)19-10-14-21(15-11-19)29(38)39/h8-15,22-23,26-27H,1-7,16-17H2,(H,36,37)(H,38,39)(H,40,41)(H,42,43)/t22-,23-,26?,27?/m0/s1. The molecular weight excluding hydrogens is 624 g/mol. The second-order valence-corrected chi connectivity index (χ2v) is 13.0. The predicted octanol–water partition coefficient (Wildman–Crippen LogP) is 4.57. The summed E-state index contributed by atoms with van der Waals surface area (Å²) in [5.41, 5.74) is 1.52. The van der Waals surface area contributed by atoms with Crippen LogP contribution in [0.1, 0.15) is 87.5 Å². The number of carboxylic acid groups (broad SMARTS) is 4.